The van der Waals surface area contributed by atoms with E-state index in [2.05, 4.69) is 10.3 Å². The van der Waals surface area contributed by atoms with E-state index in [1.54, 1.807) is 43.3 Å². The number of oxazole rings is 1. The third-order valence-corrected chi connectivity index (χ3v) is 4.99. The zero-order chi connectivity index (χ0) is 21.4. The third-order valence-electron chi connectivity index (χ3n) is 4.75. The Morgan fingerprint density at radius 1 is 1.07 bits per heavy atom. The molecule has 1 aromatic heterocycles. The van der Waals surface area contributed by atoms with Gasteiger partial charge in [0.05, 0.1) is 4.92 Å². The van der Waals surface area contributed by atoms with Crippen LogP contribution in [0.1, 0.15) is 21.5 Å². The highest BCUT2D eigenvalue weighted by Gasteiger charge is 2.17. The van der Waals surface area contributed by atoms with Gasteiger partial charge in [-0.1, -0.05) is 23.7 Å². The maximum absolute atomic E-state index is 12.7. The number of carbonyl (C=O) groups is 1. The Balaban J connectivity index is 1.65. The summed E-state index contributed by atoms with van der Waals surface area (Å²) in [6, 6.07) is 15.0. The average molecular weight is 422 g/mol. The topological polar surface area (TPSA) is 98.3 Å². The molecule has 0 aliphatic carbocycles. The van der Waals surface area contributed by atoms with Gasteiger partial charge in [-0.15, -0.1) is 0 Å². The quantitative estimate of drug-likeness (QED) is 0.325. The van der Waals surface area contributed by atoms with Gasteiger partial charge in [0.1, 0.15) is 5.52 Å². The molecular formula is C22H16ClN3O4. The molecule has 0 unspecified atom stereocenters. The fourth-order valence-corrected chi connectivity index (χ4v) is 3.22. The van der Waals surface area contributed by atoms with E-state index in [4.69, 9.17) is 16.0 Å². The lowest BCUT2D eigenvalue weighted by molar-refractivity contribution is -0.385. The van der Waals surface area contributed by atoms with Crippen LogP contribution in [0.4, 0.5) is 11.4 Å². The zero-order valence-electron chi connectivity index (χ0n) is 16.1. The number of nitrogens with one attached hydrogen (secondary N) is 1. The number of amides is 1. The number of carbonyl (C=O) groups excluding carboxylic acids is 1. The normalized spacial score (nSPS) is 10.9. The number of anilines is 1. The second-order valence-corrected chi connectivity index (χ2v) is 7.31. The summed E-state index contributed by atoms with van der Waals surface area (Å²) < 4.78 is 5.79. The van der Waals surface area contributed by atoms with Crippen LogP contribution in [-0.4, -0.2) is 15.8 Å². The van der Waals surface area contributed by atoms with Crippen LogP contribution >= 0.6 is 11.6 Å². The number of nitrogens with zero attached hydrogens (tertiary/aromatic N) is 2. The van der Waals surface area contributed by atoms with Gasteiger partial charge in [0.15, 0.2) is 5.58 Å². The maximum Gasteiger partial charge on any atom is 0.273 e. The zero-order valence-corrected chi connectivity index (χ0v) is 16.9. The van der Waals surface area contributed by atoms with Gasteiger partial charge >= 0.3 is 0 Å². The summed E-state index contributed by atoms with van der Waals surface area (Å²) in [4.78, 5) is 27.8. The van der Waals surface area contributed by atoms with Crippen LogP contribution in [-0.2, 0) is 0 Å². The number of nitro benzene ring substituents is 1. The van der Waals surface area contributed by atoms with Gasteiger partial charge in [0.25, 0.3) is 11.6 Å². The SMILES string of the molecule is Cc1ccc(-c2nc3cc(Cl)ccc3o2)cc1NC(=O)c1ccc(C)c([N+](=O)[O-])c1. The number of nitro groups is 1. The number of halogens is 1. The highest BCUT2D eigenvalue weighted by molar-refractivity contribution is 6.31. The first kappa shape index (κ1) is 19.6. The van der Waals surface area contributed by atoms with Crippen molar-refractivity contribution in [2.45, 2.75) is 13.8 Å². The lowest BCUT2D eigenvalue weighted by Crippen LogP contribution is -2.13. The molecule has 150 valence electrons. The Morgan fingerprint density at radius 2 is 1.83 bits per heavy atom. The fourth-order valence-electron chi connectivity index (χ4n) is 3.06. The number of benzene rings is 3. The van der Waals surface area contributed by atoms with Crippen LogP contribution in [0.5, 0.6) is 0 Å². The van der Waals surface area contributed by atoms with Crippen molar-refractivity contribution in [3.63, 3.8) is 0 Å². The summed E-state index contributed by atoms with van der Waals surface area (Å²) in [5.74, 6) is -0.0450. The number of aromatic nitrogens is 1. The van der Waals surface area contributed by atoms with Gasteiger partial charge in [-0.2, -0.15) is 0 Å². The van der Waals surface area contributed by atoms with E-state index in [0.717, 1.165) is 5.56 Å². The summed E-state index contributed by atoms with van der Waals surface area (Å²) in [5, 5.41) is 14.5. The highest BCUT2D eigenvalue weighted by Crippen LogP contribution is 2.29. The molecule has 4 aromatic rings. The van der Waals surface area contributed by atoms with Crippen molar-refractivity contribution < 1.29 is 14.1 Å². The lowest BCUT2D eigenvalue weighted by Gasteiger charge is -2.10. The molecule has 0 bridgehead atoms. The molecule has 0 saturated heterocycles. The largest absolute Gasteiger partial charge is 0.436 e. The van der Waals surface area contributed by atoms with Crippen molar-refractivity contribution in [1.82, 2.24) is 4.98 Å². The van der Waals surface area contributed by atoms with E-state index in [0.29, 0.717) is 38.8 Å². The van der Waals surface area contributed by atoms with Crippen LogP contribution in [0, 0.1) is 24.0 Å². The minimum atomic E-state index is -0.502. The van der Waals surface area contributed by atoms with Crippen molar-refractivity contribution in [3.8, 4) is 11.5 Å². The molecule has 0 fully saturated rings. The van der Waals surface area contributed by atoms with E-state index >= 15 is 0 Å². The van der Waals surface area contributed by atoms with Gasteiger partial charge in [-0.3, -0.25) is 14.9 Å². The Bertz CT molecular complexity index is 1310. The van der Waals surface area contributed by atoms with Crippen molar-refractivity contribution in [2.24, 2.45) is 0 Å². The number of rotatable bonds is 4. The van der Waals surface area contributed by atoms with E-state index in [-0.39, 0.29) is 11.3 Å². The summed E-state index contributed by atoms with van der Waals surface area (Å²) >= 11 is 6.00. The molecule has 0 aliphatic heterocycles. The molecule has 0 aliphatic rings. The van der Waals surface area contributed by atoms with Gasteiger partial charge in [0.2, 0.25) is 5.89 Å². The predicted molar refractivity (Wildman–Crippen MR) is 115 cm³/mol. The first-order chi connectivity index (χ1) is 14.3. The van der Waals surface area contributed by atoms with Crippen molar-refractivity contribution in [1.29, 1.82) is 0 Å². The minimum absolute atomic E-state index is 0.0988. The summed E-state index contributed by atoms with van der Waals surface area (Å²) in [6.07, 6.45) is 0. The Morgan fingerprint density at radius 3 is 2.60 bits per heavy atom. The number of hydrogen-bond donors (Lipinski definition) is 1. The molecule has 4 rings (SSSR count). The number of aryl methyl sites for hydroxylation is 2. The van der Waals surface area contributed by atoms with E-state index < -0.39 is 10.8 Å². The predicted octanol–water partition coefficient (Wildman–Crippen LogP) is 5.93. The summed E-state index contributed by atoms with van der Waals surface area (Å²) in [7, 11) is 0. The Labute approximate surface area is 176 Å². The standard InChI is InChI=1S/C22H16ClN3O4/c1-12-3-6-15(22-25-18-11-16(23)7-8-20(18)30-22)9-17(12)24-21(27)14-5-4-13(2)19(10-14)26(28)29/h3-11H,1-2H3,(H,24,27). The van der Waals surface area contributed by atoms with Gasteiger partial charge in [0, 0.05) is 33.5 Å². The number of fused-ring (bicyclic) bond motifs is 1. The van der Waals surface area contributed by atoms with E-state index in [9.17, 15) is 14.9 Å². The summed E-state index contributed by atoms with van der Waals surface area (Å²) in [6.45, 7) is 3.48. The highest BCUT2D eigenvalue weighted by atomic mass is 35.5. The molecule has 0 atom stereocenters. The molecule has 0 radical (unpaired) electrons. The maximum atomic E-state index is 12.7. The van der Waals surface area contributed by atoms with Crippen LogP contribution < -0.4 is 5.32 Å². The first-order valence-electron chi connectivity index (χ1n) is 9.05. The van der Waals surface area contributed by atoms with E-state index in [1.807, 2.05) is 19.1 Å². The third kappa shape index (κ3) is 3.75. The molecule has 0 spiro atoms. The van der Waals surface area contributed by atoms with Crippen molar-refractivity contribution in [2.75, 3.05) is 5.32 Å². The lowest BCUT2D eigenvalue weighted by atomic mass is 10.1. The Kier molecular flexibility index (Phi) is 4.97. The minimum Gasteiger partial charge on any atom is -0.436 e. The first-order valence-corrected chi connectivity index (χ1v) is 9.43. The molecule has 30 heavy (non-hydrogen) atoms. The van der Waals surface area contributed by atoms with Crippen molar-refractivity contribution >= 4 is 40.0 Å². The molecule has 1 amide bonds. The molecule has 3 aromatic carbocycles. The van der Waals surface area contributed by atoms with Crippen LogP contribution in [0.2, 0.25) is 5.02 Å². The second-order valence-electron chi connectivity index (χ2n) is 6.87. The molecule has 1 N–H and O–H groups in total. The second kappa shape index (κ2) is 7.61. The molecule has 0 saturated carbocycles. The van der Waals surface area contributed by atoms with Crippen LogP contribution in [0.15, 0.2) is 59.0 Å². The van der Waals surface area contributed by atoms with Gasteiger partial charge < -0.3 is 9.73 Å². The van der Waals surface area contributed by atoms with Gasteiger partial charge in [-0.05, 0) is 55.8 Å². The average Bonchev–Trinajstić information content (AvgIpc) is 3.12. The smallest absolute Gasteiger partial charge is 0.273 e. The summed E-state index contributed by atoms with van der Waals surface area (Å²) in [5.41, 5.74) is 3.90. The van der Waals surface area contributed by atoms with Gasteiger partial charge in [-0.25, -0.2) is 4.98 Å². The molecule has 1 heterocycles. The number of hydrogen-bond acceptors (Lipinski definition) is 5. The van der Waals surface area contributed by atoms with E-state index in [1.165, 1.54) is 6.07 Å². The Hall–Kier alpha value is -3.71. The molecule has 7 nitrogen and oxygen atoms in total. The van der Waals surface area contributed by atoms with Crippen LogP contribution in [0.25, 0.3) is 22.6 Å². The van der Waals surface area contributed by atoms with Crippen molar-refractivity contribution in [3.05, 3.63) is 86.4 Å². The molecular weight excluding hydrogens is 406 g/mol. The van der Waals surface area contributed by atoms with Crippen LogP contribution in [0.3, 0.4) is 0 Å². The monoisotopic (exact) mass is 421 g/mol. The fraction of sp³-hybridized carbons (Fsp3) is 0.0909. The molecule has 8 heteroatoms.